The van der Waals surface area contributed by atoms with E-state index < -0.39 is 0 Å². The fraction of sp³-hybridized carbons (Fsp3) is 0.100. The first kappa shape index (κ1) is 10.1. The molecule has 0 atom stereocenters. The minimum Gasteiger partial charge on any atom is -0.221 e. The predicted octanol–water partition coefficient (Wildman–Crippen LogP) is 1.57. The quantitative estimate of drug-likeness (QED) is 0.610. The maximum absolute atomic E-state index is 6.02. The van der Waals surface area contributed by atoms with Gasteiger partial charge in [0.05, 0.1) is 11.6 Å². The van der Waals surface area contributed by atoms with Crippen LogP contribution in [0.1, 0.15) is 5.82 Å². The molecule has 0 saturated heterocycles. The normalized spacial score (nSPS) is 10.9. The fourth-order valence-corrected chi connectivity index (χ4v) is 1.78. The van der Waals surface area contributed by atoms with Gasteiger partial charge in [-0.25, -0.2) is 19.9 Å². The van der Waals surface area contributed by atoms with Crippen LogP contribution in [0.5, 0.6) is 0 Å². The summed E-state index contributed by atoms with van der Waals surface area (Å²) in [5.41, 5.74) is 0.605. The third kappa shape index (κ3) is 1.62. The number of halogens is 1. The van der Waals surface area contributed by atoms with Gasteiger partial charge >= 0.3 is 0 Å². The molecule has 7 heteroatoms. The lowest BCUT2D eigenvalue weighted by Gasteiger charge is -2.00. The molecule has 3 heterocycles. The number of aryl methyl sites for hydroxylation is 1. The maximum atomic E-state index is 6.02. The highest BCUT2D eigenvalue weighted by atomic mass is 35.5. The first-order chi connectivity index (χ1) is 8.25. The van der Waals surface area contributed by atoms with E-state index in [9.17, 15) is 0 Å². The van der Waals surface area contributed by atoms with Crippen molar-refractivity contribution in [3.8, 4) is 5.95 Å². The maximum Gasteiger partial charge on any atom is 0.252 e. The predicted molar refractivity (Wildman–Crippen MR) is 62.0 cm³/mol. The van der Waals surface area contributed by atoms with E-state index in [1.165, 1.54) is 4.68 Å². The monoisotopic (exact) mass is 246 g/mol. The van der Waals surface area contributed by atoms with Crippen molar-refractivity contribution in [1.82, 2.24) is 29.7 Å². The van der Waals surface area contributed by atoms with Gasteiger partial charge in [0.1, 0.15) is 11.0 Å². The van der Waals surface area contributed by atoms with Crippen LogP contribution in [0.2, 0.25) is 5.15 Å². The summed E-state index contributed by atoms with van der Waals surface area (Å²) in [6.45, 7) is 1.77. The summed E-state index contributed by atoms with van der Waals surface area (Å²) in [4.78, 5) is 16.6. The summed E-state index contributed by atoms with van der Waals surface area (Å²) in [6.07, 6.45) is 4.89. The third-order valence-electron chi connectivity index (χ3n) is 2.24. The first-order valence-electron chi connectivity index (χ1n) is 4.91. The lowest BCUT2D eigenvalue weighted by molar-refractivity contribution is 0.819. The van der Waals surface area contributed by atoms with Crippen LogP contribution in [0.3, 0.4) is 0 Å². The molecule has 0 radical (unpaired) electrons. The molecular formula is C10H7ClN6. The Morgan fingerprint density at radius 3 is 2.71 bits per heavy atom. The molecule has 6 nitrogen and oxygen atoms in total. The molecule has 3 rings (SSSR count). The van der Waals surface area contributed by atoms with E-state index in [0.717, 1.165) is 0 Å². The van der Waals surface area contributed by atoms with Crippen LogP contribution in [0, 0.1) is 6.92 Å². The highest BCUT2D eigenvalue weighted by Crippen LogP contribution is 2.20. The Morgan fingerprint density at radius 1 is 1.18 bits per heavy atom. The Balaban J connectivity index is 2.32. The Kier molecular flexibility index (Phi) is 2.22. The molecule has 0 amide bonds. The molecule has 0 aliphatic heterocycles. The number of hydrogen-bond donors (Lipinski definition) is 0. The van der Waals surface area contributed by atoms with Crippen LogP contribution in [-0.4, -0.2) is 29.7 Å². The average molecular weight is 247 g/mol. The number of hydrogen-bond acceptors (Lipinski definition) is 5. The second-order valence-corrected chi connectivity index (χ2v) is 3.76. The van der Waals surface area contributed by atoms with E-state index in [4.69, 9.17) is 11.6 Å². The fourth-order valence-electron chi connectivity index (χ4n) is 1.52. The minimum atomic E-state index is 0.384. The Hall–Kier alpha value is -2.08. The van der Waals surface area contributed by atoms with Crippen molar-refractivity contribution in [3.63, 3.8) is 0 Å². The highest BCUT2D eigenvalue weighted by Gasteiger charge is 2.12. The molecule has 0 spiro atoms. The van der Waals surface area contributed by atoms with Gasteiger partial charge in [-0.3, -0.25) is 0 Å². The molecule has 17 heavy (non-hydrogen) atoms. The molecule has 0 saturated carbocycles. The van der Waals surface area contributed by atoms with Gasteiger partial charge in [0.2, 0.25) is 0 Å². The molecule has 0 bridgehead atoms. The van der Waals surface area contributed by atoms with E-state index in [2.05, 4.69) is 25.0 Å². The van der Waals surface area contributed by atoms with Crippen molar-refractivity contribution in [2.75, 3.05) is 0 Å². The van der Waals surface area contributed by atoms with Gasteiger partial charge in [0.15, 0.2) is 5.65 Å². The summed E-state index contributed by atoms with van der Waals surface area (Å²) < 4.78 is 1.54. The molecule has 0 aromatic carbocycles. The Labute approximate surface area is 101 Å². The van der Waals surface area contributed by atoms with Crippen molar-refractivity contribution >= 4 is 22.6 Å². The number of nitrogens with zero attached hydrogens (tertiary/aromatic N) is 6. The largest absolute Gasteiger partial charge is 0.252 e. The molecule has 3 aromatic heterocycles. The van der Waals surface area contributed by atoms with Gasteiger partial charge < -0.3 is 0 Å². The Bertz CT molecular complexity index is 678. The molecule has 0 fully saturated rings. The standard InChI is InChI=1S/C10H7ClN6/c1-6-15-8(11)7-5-14-17(9(7)16-6)10-12-3-2-4-13-10/h2-5H,1H3. The summed E-state index contributed by atoms with van der Waals surface area (Å²) >= 11 is 6.02. The number of fused-ring (bicyclic) bond motifs is 1. The van der Waals surface area contributed by atoms with E-state index in [-0.39, 0.29) is 0 Å². The number of aromatic nitrogens is 6. The smallest absolute Gasteiger partial charge is 0.221 e. The van der Waals surface area contributed by atoms with Crippen LogP contribution < -0.4 is 0 Å². The van der Waals surface area contributed by atoms with E-state index in [1.807, 2.05) is 0 Å². The molecule has 0 aliphatic rings. The molecule has 0 N–H and O–H groups in total. The summed E-state index contributed by atoms with van der Waals surface area (Å²) in [5.74, 6) is 1.04. The molecule has 0 aliphatic carbocycles. The van der Waals surface area contributed by atoms with Crippen LogP contribution in [0.25, 0.3) is 17.0 Å². The van der Waals surface area contributed by atoms with E-state index in [0.29, 0.717) is 28.0 Å². The summed E-state index contributed by atoms with van der Waals surface area (Å²) in [6, 6.07) is 1.74. The zero-order chi connectivity index (χ0) is 11.8. The molecule has 3 aromatic rings. The molecule has 0 unspecified atom stereocenters. The van der Waals surface area contributed by atoms with Gasteiger partial charge in [-0.05, 0) is 13.0 Å². The van der Waals surface area contributed by atoms with Gasteiger partial charge in [-0.15, -0.1) is 0 Å². The number of rotatable bonds is 1. The van der Waals surface area contributed by atoms with Gasteiger partial charge in [0, 0.05) is 12.4 Å². The average Bonchev–Trinajstić information content (AvgIpc) is 2.74. The van der Waals surface area contributed by atoms with Crippen molar-refractivity contribution in [1.29, 1.82) is 0 Å². The van der Waals surface area contributed by atoms with Crippen molar-refractivity contribution in [2.24, 2.45) is 0 Å². The van der Waals surface area contributed by atoms with Gasteiger partial charge in [-0.1, -0.05) is 11.6 Å². The summed E-state index contributed by atoms with van der Waals surface area (Å²) in [7, 11) is 0. The first-order valence-corrected chi connectivity index (χ1v) is 5.29. The zero-order valence-electron chi connectivity index (χ0n) is 8.87. The van der Waals surface area contributed by atoms with Crippen LogP contribution in [-0.2, 0) is 0 Å². The highest BCUT2D eigenvalue weighted by molar-refractivity contribution is 6.33. The van der Waals surface area contributed by atoms with E-state index in [1.54, 1.807) is 31.6 Å². The van der Waals surface area contributed by atoms with Crippen LogP contribution in [0.4, 0.5) is 0 Å². The van der Waals surface area contributed by atoms with Crippen LogP contribution >= 0.6 is 11.6 Å². The zero-order valence-corrected chi connectivity index (χ0v) is 9.63. The minimum absolute atomic E-state index is 0.384. The SMILES string of the molecule is Cc1nc(Cl)c2cnn(-c3ncccn3)c2n1. The molecule has 84 valence electrons. The van der Waals surface area contributed by atoms with Gasteiger partial charge in [-0.2, -0.15) is 9.78 Å². The van der Waals surface area contributed by atoms with Crippen molar-refractivity contribution < 1.29 is 0 Å². The van der Waals surface area contributed by atoms with E-state index >= 15 is 0 Å². The summed E-state index contributed by atoms with van der Waals surface area (Å²) in [5, 5.41) is 5.24. The lowest BCUT2D eigenvalue weighted by atomic mass is 10.4. The molecular weight excluding hydrogens is 240 g/mol. The van der Waals surface area contributed by atoms with Crippen molar-refractivity contribution in [2.45, 2.75) is 6.92 Å². The second-order valence-electron chi connectivity index (χ2n) is 3.40. The van der Waals surface area contributed by atoms with Gasteiger partial charge in [0.25, 0.3) is 5.95 Å². The third-order valence-corrected chi connectivity index (χ3v) is 2.52. The topological polar surface area (TPSA) is 69.4 Å². The Morgan fingerprint density at radius 2 is 1.94 bits per heavy atom. The van der Waals surface area contributed by atoms with Crippen molar-refractivity contribution in [3.05, 3.63) is 35.6 Å². The lowest BCUT2D eigenvalue weighted by Crippen LogP contribution is -2.03. The van der Waals surface area contributed by atoms with Crippen LogP contribution in [0.15, 0.2) is 24.7 Å². The second kappa shape index (κ2) is 3.74.